The Morgan fingerprint density at radius 1 is 1.30 bits per heavy atom. The van der Waals surface area contributed by atoms with Crippen molar-refractivity contribution in [3.05, 3.63) is 41.5 Å². The third-order valence-electron chi connectivity index (χ3n) is 2.48. The molecule has 0 atom stereocenters. The van der Waals surface area contributed by atoms with E-state index in [-0.39, 0.29) is 0 Å². The van der Waals surface area contributed by atoms with Crippen molar-refractivity contribution >= 4 is 15.9 Å². The lowest BCUT2D eigenvalue weighted by Gasteiger charge is -2.23. The van der Waals surface area contributed by atoms with Crippen molar-refractivity contribution in [2.75, 3.05) is 20.6 Å². The van der Waals surface area contributed by atoms with E-state index in [0.717, 1.165) is 8.96 Å². The zero-order chi connectivity index (χ0) is 15.8. The SMILES string of the molecule is C=C[N+](C)(C)CCC.CC(C)(O)Oc1ccc(Br)cc1. The van der Waals surface area contributed by atoms with Crippen molar-refractivity contribution in [3.63, 3.8) is 0 Å². The average molecular weight is 345 g/mol. The minimum atomic E-state index is -1.12. The standard InChI is InChI=1S/C9H11BrO2.C7H16N/c1-9(2,11)12-8-5-3-7(10)4-6-8;1-5-7-8(3,4)6-2/h3-6,11H,1-2H3;6H,2,5,7H2,1,3-4H3/q;+1. The van der Waals surface area contributed by atoms with Crippen molar-refractivity contribution in [1.29, 1.82) is 0 Å². The highest BCUT2D eigenvalue weighted by atomic mass is 79.9. The topological polar surface area (TPSA) is 29.5 Å². The van der Waals surface area contributed by atoms with Gasteiger partial charge in [-0.2, -0.15) is 0 Å². The summed E-state index contributed by atoms with van der Waals surface area (Å²) >= 11 is 3.31. The number of nitrogens with zero attached hydrogens (tertiary/aromatic N) is 1. The summed E-state index contributed by atoms with van der Waals surface area (Å²) in [5.41, 5.74) is 0. The van der Waals surface area contributed by atoms with E-state index < -0.39 is 5.79 Å². The van der Waals surface area contributed by atoms with Crippen LogP contribution in [0, 0.1) is 0 Å². The normalized spacial score (nSPS) is 11.3. The second-order valence-electron chi connectivity index (χ2n) is 5.69. The molecule has 114 valence electrons. The highest BCUT2D eigenvalue weighted by Gasteiger charge is 2.13. The van der Waals surface area contributed by atoms with Crippen LogP contribution >= 0.6 is 15.9 Å². The quantitative estimate of drug-likeness (QED) is 0.641. The van der Waals surface area contributed by atoms with Crippen molar-refractivity contribution in [1.82, 2.24) is 0 Å². The summed E-state index contributed by atoms with van der Waals surface area (Å²) < 4.78 is 7.11. The van der Waals surface area contributed by atoms with E-state index in [9.17, 15) is 5.11 Å². The van der Waals surface area contributed by atoms with Crippen molar-refractivity contribution < 1.29 is 14.3 Å². The Kier molecular flexibility index (Phi) is 8.09. The minimum absolute atomic E-state index is 0.658. The summed E-state index contributed by atoms with van der Waals surface area (Å²) in [5, 5.41) is 9.31. The van der Waals surface area contributed by atoms with Crippen molar-refractivity contribution in [3.8, 4) is 5.75 Å². The molecule has 0 aromatic heterocycles. The van der Waals surface area contributed by atoms with E-state index >= 15 is 0 Å². The second-order valence-corrected chi connectivity index (χ2v) is 6.60. The van der Waals surface area contributed by atoms with Gasteiger partial charge < -0.3 is 14.3 Å². The van der Waals surface area contributed by atoms with Gasteiger partial charge in [0.2, 0.25) is 5.79 Å². The zero-order valence-electron chi connectivity index (χ0n) is 13.2. The maximum Gasteiger partial charge on any atom is 0.202 e. The predicted octanol–water partition coefficient (Wildman–Crippen LogP) is 4.17. The molecule has 0 saturated carbocycles. The van der Waals surface area contributed by atoms with Gasteiger partial charge in [-0.1, -0.05) is 22.9 Å². The van der Waals surface area contributed by atoms with E-state index in [4.69, 9.17) is 4.74 Å². The number of rotatable bonds is 5. The molecule has 0 heterocycles. The summed E-state index contributed by atoms with van der Waals surface area (Å²) in [6.07, 6.45) is 3.18. The Hall–Kier alpha value is -0.840. The van der Waals surface area contributed by atoms with Crippen LogP contribution in [-0.4, -0.2) is 36.0 Å². The monoisotopic (exact) mass is 344 g/mol. The fourth-order valence-corrected chi connectivity index (χ4v) is 1.72. The smallest absolute Gasteiger partial charge is 0.202 e. The van der Waals surface area contributed by atoms with Gasteiger partial charge in [-0.15, -0.1) is 0 Å². The van der Waals surface area contributed by atoms with Gasteiger partial charge in [0.05, 0.1) is 26.8 Å². The first-order valence-corrected chi connectivity index (χ1v) is 7.52. The maximum atomic E-state index is 9.31. The van der Waals surface area contributed by atoms with Gasteiger partial charge in [0.15, 0.2) is 0 Å². The molecule has 1 aromatic rings. The van der Waals surface area contributed by atoms with E-state index in [0.29, 0.717) is 5.75 Å². The lowest BCUT2D eigenvalue weighted by atomic mass is 10.3. The Labute approximate surface area is 131 Å². The summed E-state index contributed by atoms with van der Waals surface area (Å²) in [6.45, 7) is 10.3. The number of hydrogen-bond donors (Lipinski definition) is 1. The van der Waals surface area contributed by atoms with Gasteiger partial charge in [-0.25, -0.2) is 0 Å². The Balaban J connectivity index is 0.000000396. The first-order valence-electron chi connectivity index (χ1n) is 6.73. The first kappa shape index (κ1) is 19.2. The van der Waals surface area contributed by atoms with E-state index in [2.05, 4.69) is 43.5 Å². The molecule has 1 aromatic carbocycles. The molecule has 0 aliphatic heterocycles. The molecule has 0 radical (unpaired) electrons. The van der Waals surface area contributed by atoms with E-state index in [1.807, 2.05) is 18.3 Å². The molecule has 1 rings (SSSR count). The summed E-state index contributed by atoms with van der Waals surface area (Å²) in [4.78, 5) is 0. The van der Waals surface area contributed by atoms with Gasteiger partial charge >= 0.3 is 0 Å². The lowest BCUT2D eigenvalue weighted by molar-refractivity contribution is -0.838. The number of quaternary nitrogens is 1. The molecule has 0 spiro atoms. The Bertz CT molecular complexity index is 394. The number of hydrogen-bond acceptors (Lipinski definition) is 2. The highest BCUT2D eigenvalue weighted by Crippen LogP contribution is 2.19. The number of aliphatic hydroxyl groups is 1. The van der Waals surface area contributed by atoms with Crippen LogP contribution in [-0.2, 0) is 0 Å². The summed E-state index contributed by atoms with van der Waals surface area (Å²) in [5.74, 6) is -0.459. The molecule has 0 aliphatic rings. The van der Waals surface area contributed by atoms with Crippen LogP contribution in [0.2, 0.25) is 0 Å². The zero-order valence-corrected chi connectivity index (χ0v) is 14.8. The molecule has 0 fully saturated rings. The molecular weight excluding hydrogens is 318 g/mol. The number of benzene rings is 1. The fourth-order valence-electron chi connectivity index (χ4n) is 1.46. The van der Waals surface area contributed by atoms with Crippen LogP contribution in [0.15, 0.2) is 41.5 Å². The van der Waals surface area contributed by atoms with E-state index in [1.54, 1.807) is 26.0 Å². The molecule has 0 bridgehead atoms. The fraction of sp³-hybridized carbons (Fsp3) is 0.500. The number of ether oxygens (including phenoxy) is 1. The van der Waals surface area contributed by atoms with Crippen LogP contribution in [0.5, 0.6) is 5.75 Å². The molecule has 0 amide bonds. The predicted molar refractivity (Wildman–Crippen MR) is 88.5 cm³/mol. The third-order valence-corrected chi connectivity index (χ3v) is 3.00. The number of halogens is 1. The largest absolute Gasteiger partial charge is 0.463 e. The maximum absolute atomic E-state index is 9.31. The summed E-state index contributed by atoms with van der Waals surface area (Å²) in [6, 6.07) is 7.31. The van der Waals surface area contributed by atoms with Gasteiger partial charge in [-0.3, -0.25) is 0 Å². The van der Waals surface area contributed by atoms with Gasteiger partial charge in [0.25, 0.3) is 0 Å². The molecule has 0 saturated heterocycles. The van der Waals surface area contributed by atoms with Gasteiger partial charge in [0, 0.05) is 18.3 Å². The van der Waals surface area contributed by atoms with Gasteiger partial charge in [0.1, 0.15) is 5.75 Å². The Morgan fingerprint density at radius 2 is 1.80 bits per heavy atom. The van der Waals surface area contributed by atoms with Crippen LogP contribution in [0.4, 0.5) is 0 Å². The lowest BCUT2D eigenvalue weighted by Crippen LogP contribution is -2.33. The second kappa shape index (κ2) is 8.45. The molecule has 0 aliphatic carbocycles. The minimum Gasteiger partial charge on any atom is -0.463 e. The molecule has 20 heavy (non-hydrogen) atoms. The highest BCUT2D eigenvalue weighted by molar-refractivity contribution is 9.10. The molecule has 4 heteroatoms. The molecule has 0 unspecified atom stereocenters. The van der Waals surface area contributed by atoms with Crippen LogP contribution in [0.3, 0.4) is 0 Å². The Morgan fingerprint density at radius 3 is 2.10 bits per heavy atom. The van der Waals surface area contributed by atoms with Gasteiger partial charge in [-0.05, 0) is 37.3 Å². The van der Waals surface area contributed by atoms with Crippen LogP contribution in [0.1, 0.15) is 27.2 Å². The molecule has 1 N–H and O–H groups in total. The average Bonchev–Trinajstić information content (AvgIpc) is 2.31. The van der Waals surface area contributed by atoms with Crippen LogP contribution in [0.25, 0.3) is 0 Å². The van der Waals surface area contributed by atoms with Crippen molar-refractivity contribution in [2.24, 2.45) is 0 Å². The first-order chi connectivity index (χ1) is 9.09. The molecular formula is C16H27BrNO2+. The van der Waals surface area contributed by atoms with Crippen LogP contribution < -0.4 is 4.74 Å². The van der Waals surface area contributed by atoms with E-state index in [1.165, 1.54) is 13.0 Å². The molecule has 3 nitrogen and oxygen atoms in total. The van der Waals surface area contributed by atoms with Crippen molar-refractivity contribution in [2.45, 2.75) is 33.0 Å². The third kappa shape index (κ3) is 10.0. The summed E-state index contributed by atoms with van der Waals surface area (Å²) in [7, 11) is 4.30.